The maximum Gasteiger partial charge on any atom is 0.411 e. The maximum atomic E-state index is 11.0. The van der Waals surface area contributed by atoms with Crippen LogP contribution in [0.25, 0.3) is 0 Å². The number of methoxy groups -OCH3 is 1. The molecule has 1 fully saturated rings. The first-order valence-corrected chi connectivity index (χ1v) is 6.20. The molecule has 5 heteroatoms. The molecule has 1 aliphatic heterocycles. The van der Waals surface area contributed by atoms with E-state index >= 15 is 0 Å². The monoisotopic (exact) mass is 249 g/mol. The summed E-state index contributed by atoms with van der Waals surface area (Å²) in [5.74, 6) is 0. The Balaban J connectivity index is 1.88. The zero-order chi connectivity index (χ0) is 12.8. The number of hydrogen-bond donors (Lipinski definition) is 3. The molecule has 1 heterocycles. The first-order valence-electron chi connectivity index (χ1n) is 6.20. The van der Waals surface area contributed by atoms with E-state index in [2.05, 4.69) is 20.7 Å². The molecule has 1 aromatic carbocycles. The molecule has 0 aromatic heterocycles. The van der Waals surface area contributed by atoms with Gasteiger partial charge in [-0.1, -0.05) is 0 Å². The summed E-state index contributed by atoms with van der Waals surface area (Å²) < 4.78 is 4.53. The van der Waals surface area contributed by atoms with Crippen LogP contribution < -0.4 is 16.0 Å². The first-order chi connectivity index (χ1) is 8.78. The lowest BCUT2D eigenvalue weighted by atomic mass is 10.1. The Hall–Kier alpha value is -1.75. The van der Waals surface area contributed by atoms with Crippen molar-refractivity contribution in [2.24, 2.45) is 0 Å². The van der Waals surface area contributed by atoms with E-state index in [-0.39, 0.29) is 0 Å². The molecule has 1 aromatic rings. The fourth-order valence-electron chi connectivity index (χ4n) is 2.02. The summed E-state index contributed by atoms with van der Waals surface area (Å²) in [5, 5.41) is 9.45. The lowest BCUT2D eigenvalue weighted by molar-refractivity contribution is 0.187. The highest BCUT2D eigenvalue weighted by atomic mass is 16.5. The highest BCUT2D eigenvalue weighted by molar-refractivity contribution is 5.84. The van der Waals surface area contributed by atoms with Crippen molar-refractivity contribution in [2.75, 3.05) is 30.8 Å². The topological polar surface area (TPSA) is 62.4 Å². The Morgan fingerprint density at radius 2 is 1.83 bits per heavy atom. The third-order valence-corrected chi connectivity index (χ3v) is 3.03. The molecule has 18 heavy (non-hydrogen) atoms. The van der Waals surface area contributed by atoms with Gasteiger partial charge in [-0.15, -0.1) is 0 Å². The SMILES string of the molecule is COC(=O)Nc1ccc(NC2CCNCC2)cc1. The van der Waals surface area contributed by atoms with Gasteiger partial charge in [0.05, 0.1) is 7.11 Å². The number of anilines is 2. The van der Waals surface area contributed by atoms with Crippen molar-refractivity contribution in [3.63, 3.8) is 0 Å². The van der Waals surface area contributed by atoms with Gasteiger partial charge in [-0.05, 0) is 50.2 Å². The molecule has 2 rings (SSSR count). The average molecular weight is 249 g/mol. The van der Waals surface area contributed by atoms with Gasteiger partial charge >= 0.3 is 6.09 Å². The molecular weight excluding hydrogens is 230 g/mol. The van der Waals surface area contributed by atoms with E-state index in [0.717, 1.165) is 37.3 Å². The second-order valence-electron chi connectivity index (χ2n) is 4.36. The summed E-state index contributed by atoms with van der Waals surface area (Å²) >= 11 is 0. The van der Waals surface area contributed by atoms with Gasteiger partial charge in [-0.25, -0.2) is 4.79 Å². The molecule has 0 unspecified atom stereocenters. The van der Waals surface area contributed by atoms with E-state index in [0.29, 0.717) is 6.04 Å². The number of benzene rings is 1. The Morgan fingerprint density at radius 1 is 1.22 bits per heavy atom. The van der Waals surface area contributed by atoms with Crippen LogP contribution in [0.5, 0.6) is 0 Å². The van der Waals surface area contributed by atoms with Crippen molar-refractivity contribution in [3.05, 3.63) is 24.3 Å². The fraction of sp³-hybridized carbons (Fsp3) is 0.462. The standard InChI is InChI=1S/C13H19N3O2/c1-18-13(17)16-11-4-2-10(3-5-11)15-12-6-8-14-9-7-12/h2-5,12,14-15H,6-9H2,1H3,(H,16,17). The van der Waals surface area contributed by atoms with Gasteiger partial charge in [0.1, 0.15) is 0 Å². The summed E-state index contributed by atoms with van der Waals surface area (Å²) in [5.41, 5.74) is 1.81. The van der Waals surface area contributed by atoms with Gasteiger partial charge in [0.25, 0.3) is 0 Å². The Bertz CT molecular complexity index is 386. The van der Waals surface area contributed by atoms with Gasteiger partial charge in [0.2, 0.25) is 0 Å². The number of amides is 1. The number of carbonyl (C=O) groups excluding carboxylic acids is 1. The minimum absolute atomic E-state index is 0.450. The number of rotatable bonds is 3. The van der Waals surface area contributed by atoms with Crippen molar-refractivity contribution < 1.29 is 9.53 Å². The van der Waals surface area contributed by atoms with E-state index in [1.807, 2.05) is 24.3 Å². The van der Waals surface area contributed by atoms with Crippen LogP contribution in [0.2, 0.25) is 0 Å². The second-order valence-corrected chi connectivity index (χ2v) is 4.36. The average Bonchev–Trinajstić information content (AvgIpc) is 2.42. The van der Waals surface area contributed by atoms with Crippen molar-refractivity contribution in [1.82, 2.24) is 5.32 Å². The predicted octanol–water partition coefficient (Wildman–Crippen LogP) is 2.03. The molecule has 98 valence electrons. The van der Waals surface area contributed by atoms with Gasteiger partial charge in [0, 0.05) is 17.4 Å². The van der Waals surface area contributed by atoms with Crippen LogP contribution in [-0.2, 0) is 4.74 Å². The van der Waals surface area contributed by atoms with Gasteiger partial charge in [0.15, 0.2) is 0 Å². The van der Waals surface area contributed by atoms with Crippen molar-refractivity contribution in [1.29, 1.82) is 0 Å². The zero-order valence-electron chi connectivity index (χ0n) is 10.5. The van der Waals surface area contributed by atoms with Crippen LogP contribution >= 0.6 is 0 Å². The summed E-state index contributed by atoms with van der Waals surface area (Å²) in [6.07, 6.45) is 1.83. The van der Waals surface area contributed by atoms with E-state index in [1.165, 1.54) is 7.11 Å². The highest BCUT2D eigenvalue weighted by Gasteiger charge is 2.12. The third kappa shape index (κ3) is 3.63. The quantitative estimate of drug-likeness (QED) is 0.767. The molecule has 0 saturated carbocycles. The molecule has 1 amide bonds. The van der Waals surface area contributed by atoms with Crippen molar-refractivity contribution in [3.8, 4) is 0 Å². The van der Waals surface area contributed by atoms with Crippen LogP contribution in [0.3, 0.4) is 0 Å². The van der Waals surface area contributed by atoms with Crippen molar-refractivity contribution >= 4 is 17.5 Å². The summed E-state index contributed by atoms with van der Waals surface area (Å²) in [4.78, 5) is 11.0. The van der Waals surface area contributed by atoms with Crippen LogP contribution in [0.15, 0.2) is 24.3 Å². The van der Waals surface area contributed by atoms with Gasteiger partial charge in [-0.3, -0.25) is 5.32 Å². The summed E-state index contributed by atoms with van der Waals surface area (Å²) in [7, 11) is 1.35. The Morgan fingerprint density at radius 3 is 2.44 bits per heavy atom. The van der Waals surface area contributed by atoms with Crippen LogP contribution in [-0.4, -0.2) is 32.3 Å². The van der Waals surface area contributed by atoms with E-state index in [4.69, 9.17) is 0 Å². The number of piperidine rings is 1. The van der Waals surface area contributed by atoms with Gasteiger partial charge in [-0.2, -0.15) is 0 Å². The lowest BCUT2D eigenvalue weighted by Crippen LogP contribution is -2.35. The molecule has 0 atom stereocenters. The van der Waals surface area contributed by atoms with Crippen LogP contribution in [0.1, 0.15) is 12.8 Å². The molecule has 0 bridgehead atoms. The fourth-order valence-corrected chi connectivity index (χ4v) is 2.02. The third-order valence-electron chi connectivity index (χ3n) is 3.03. The minimum atomic E-state index is -0.450. The van der Waals surface area contributed by atoms with E-state index < -0.39 is 6.09 Å². The second kappa shape index (κ2) is 6.26. The van der Waals surface area contributed by atoms with E-state index in [1.54, 1.807) is 0 Å². The minimum Gasteiger partial charge on any atom is -0.453 e. The molecular formula is C13H19N3O2. The normalized spacial score (nSPS) is 16.1. The maximum absolute atomic E-state index is 11.0. The smallest absolute Gasteiger partial charge is 0.411 e. The zero-order valence-corrected chi connectivity index (χ0v) is 10.5. The molecule has 5 nitrogen and oxygen atoms in total. The Labute approximate surface area is 107 Å². The molecule has 1 aliphatic rings. The Kier molecular flexibility index (Phi) is 4.41. The molecule has 0 radical (unpaired) electrons. The number of carbonyl (C=O) groups is 1. The summed E-state index contributed by atoms with van der Waals surface area (Å²) in [6.45, 7) is 2.14. The number of hydrogen-bond acceptors (Lipinski definition) is 4. The molecule has 0 spiro atoms. The molecule has 1 saturated heterocycles. The summed E-state index contributed by atoms with van der Waals surface area (Å²) in [6, 6.07) is 8.19. The molecule has 3 N–H and O–H groups in total. The number of nitrogens with one attached hydrogen (secondary N) is 3. The van der Waals surface area contributed by atoms with E-state index in [9.17, 15) is 4.79 Å². The molecule has 0 aliphatic carbocycles. The highest BCUT2D eigenvalue weighted by Crippen LogP contribution is 2.17. The first kappa shape index (κ1) is 12.7. The van der Waals surface area contributed by atoms with Crippen LogP contribution in [0, 0.1) is 0 Å². The largest absolute Gasteiger partial charge is 0.453 e. The van der Waals surface area contributed by atoms with Crippen molar-refractivity contribution in [2.45, 2.75) is 18.9 Å². The van der Waals surface area contributed by atoms with Crippen LogP contribution in [0.4, 0.5) is 16.2 Å². The van der Waals surface area contributed by atoms with Gasteiger partial charge < -0.3 is 15.4 Å². The number of ether oxygens (including phenoxy) is 1. The predicted molar refractivity (Wildman–Crippen MR) is 72.0 cm³/mol. The lowest BCUT2D eigenvalue weighted by Gasteiger charge is -2.24.